The van der Waals surface area contributed by atoms with Crippen molar-refractivity contribution >= 4 is 16.7 Å². The van der Waals surface area contributed by atoms with Crippen LogP contribution < -0.4 is 9.47 Å². The molecule has 0 saturated heterocycles. The van der Waals surface area contributed by atoms with Gasteiger partial charge >= 0.3 is 0 Å². The maximum absolute atomic E-state index is 13.3. The molecule has 0 unspecified atom stereocenters. The standard InChI is InChI=1S/C21H21NO3/c1-13-11-12-22-19(13)18(16-5-4-6-17(25-3)20(16)22)21(23)14-7-9-15(24-2)10-8-14/h4-10,13H,11-12H2,1-3H3/t13-/m1/s1. The van der Waals surface area contributed by atoms with E-state index in [1.807, 2.05) is 42.5 Å². The minimum absolute atomic E-state index is 0.0587. The van der Waals surface area contributed by atoms with E-state index >= 15 is 0 Å². The Morgan fingerprint density at radius 1 is 1.08 bits per heavy atom. The van der Waals surface area contributed by atoms with Crippen LogP contribution in [0.3, 0.4) is 0 Å². The normalized spacial score (nSPS) is 16.0. The molecule has 0 fully saturated rings. The fourth-order valence-electron chi connectivity index (χ4n) is 3.89. The van der Waals surface area contributed by atoms with E-state index in [-0.39, 0.29) is 5.78 Å². The van der Waals surface area contributed by atoms with E-state index in [9.17, 15) is 4.79 Å². The number of hydrogen-bond acceptors (Lipinski definition) is 3. The number of aromatic nitrogens is 1. The van der Waals surface area contributed by atoms with Crippen LogP contribution in [0.25, 0.3) is 10.9 Å². The van der Waals surface area contributed by atoms with Crippen LogP contribution in [0.5, 0.6) is 11.5 Å². The predicted octanol–water partition coefficient (Wildman–Crippen LogP) is 4.40. The first kappa shape index (κ1) is 15.8. The first-order chi connectivity index (χ1) is 12.2. The zero-order valence-corrected chi connectivity index (χ0v) is 14.7. The lowest BCUT2D eigenvalue weighted by Gasteiger charge is -2.08. The van der Waals surface area contributed by atoms with Gasteiger partial charge in [0, 0.05) is 23.2 Å². The van der Waals surface area contributed by atoms with E-state index in [0.29, 0.717) is 11.5 Å². The lowest BCUT2D eigenvalue weighted by Crippen LogP contribution is -2.05. The van der Waals surface area contributed by atoms with Gasteiger partial charge in [-0.15, -0.1) is 0 Å². The number of ketones is 1. The molecule has 0 bridgehead atoms. The van der Waals surface area contributed by atoms with Crippen molar-refractivity contribution in [3.63, 3.8) is 0 Å². The Bertz CT molecular complexity index is 953. The summed E-state index contributed by atoms with van der Waals surface area (Å²) in [5, 5.41) is 0.974. The van der Waals surface area contributed by atoms with Crippen molar-refractivity contribution in [2.24, 2.45) is 0 Å². The summed E-state index contributed by atoms with van der Waals surface area (Å²) in [5.41, 5.74) is 3.64. The molecule has 0 saturated carbocycles. The number of aryl methyl sites for hydroxylation is 1. The fourth-order valence-corrected chi connectivity index (χ4v) is 3.89. The molecule has 1 aromatic heterocycles. The second-order valence-corrected chi connectivity index (χ2v) is 6.52. The van der Waals surface area contributed by atoms with Gasteiger partial charge in [-0.2, -0.15) is 0 Å². The third kappa shape index (κ3) is 2.32. The number of carbonyl (C=O) groups excluding carboxylic acids is 1. The van der Waals surface area contributed by atoms with Gasteiger partial charge in [-0.3, -0.25) is 4.79 Å². The first-order valence-electron chi connectivity index (χ1n) is 8.53. The molecule has 25 heavy (non-hydrogen) atoms. The SMILES string of the molecule is COc1ccc(C(=O)c2c3n(c4c(OC)cccc24)CC[C@H]3C)cc1. The van der Waals surface area contributed by atoms with Gasteiger partial charge in [-0.25, -0.2) is 0 Å². The van der Waals surface area contributed by atoms with Crippen molar-refractivity contribution in [1.29, 1.82) is 0 Å². The molecule has 0 radical (unpaired) electrons. The molecule has 0 aliphatic carbocycles. The lowest BCUT2D eigenvalue weighted by molar-refractivity contribution is 0.103. The molecule has 4 nitrogen and oxygen atoms in total. The maximum atomic E-state index is 13.3. The molecule has 4 rings (SSSR count). The summed E-state index contributed by atoms with van der Waals surface area (Å²) in [6.07, 6.45) is 1.05. The quantitative estimate of drug-likeness (QED) is 0.664. The summed E-state index contributed by atoms with van der Waals surface area (Å²) in [6.45, 7) is 3.11. The Balaban J connectivity index is 1.94. The third-order valence-electron chi connectivity index (χ3n) is 5.14. The number of para-hydroxylation sites is 1. The number of hydrogen-bond donors (Lipinski definition) is 0. The summed E-state index contributed by atoms with van der Waals surface area (Å²) < 4.78 is 13.0. The average Bonchev–Trinajstić information content (AvgIpc) is 3.19. The molecule has 4 heteroatoms. The molecule has 1 atom stereocenters. The van der Waals surface area contributed by atoms with E-state index in [4.69, 9.17) is 9.47 Å². The van der Waals surface area contributed by atoms with Crippen LogP contribution in [0.4, 0.5) is 0 Å². The van der Waals surface area contributed by atoms with Gasteiger partial charge in [0.15, 0.2) is 5.78 Å². The van der Waals surface area contributed by atoms with Gasteiger partial charge in [0.25, 0.3) is 0 Å². The van der Waals surface area contributed by atoms with E-state index < -0.39 is 0 Å². The maximum Gasteiger partial charge on any atom is 0.195 e. The number of methoxy groups -OCH3 is 2. The molecule has 3 aromatic rings. The van der Waals surface area contributed by atoms with Gasteiger partial charge in [0.1, 0.15) is 11.5 Å². The number of rotatable bonds is 4. The molecule has 2 aromatic carbocycles. The van der Waals surface area contributed by atoms with Crippen LogP contribution in [0.15, 0.2) is 42.5 Å². The van der Waals surface area contributed by atoms with Gasteiger partial charge < -0.3 is 14.0 Å². The Morgan fingerprint density at radius 3 is 2.52 bits per heavy atom. The monoisotopic (exact) mass is 335 g/mol. The van der Waals surface area contributed by atoms with Crippen LogP contribution in [0.2, 0.25) is 0 Å². The number of ether oxygens (including phenoxy) is 2. The molecular formula is C21H21NO3. The van der Waals surface area contributed by atoms with Crippen molar-refractivity contribution < 1.29 is 14.3 Å². The molecule has 128 valence electrons. The number of benzene rings is 2. The Labute approximate surface area is 147 Å². The smallest absolute Gasteiger partial charge is 0.195 e. The summed E-state index contributed by atoms with van der Waals surface area (Å²) in [6, 6.07) is 13.2. The van der Waals surface area contributed by atoms with E-state index in [1.54, 1.807) is 14.2 Å². The molecule has 1 aliphatic rings. The molecule has 2 heterocycles. The zero-order valence-electron chi connectivity index (χ0n) is 14.7. The summed E-state index contributed by atoms with van der Waals surface area (Å²) in [7, 11) is 3.30. The second-order valence-electron chi connectivity index (χ2n) is 6.52. The molecule has 0 amide bonds. The highest BCUT2D eigenvalue weighted by Gasteiger charge is 2.31. The molecule has 0 spiro atoms. The molecular weight excluding hydrogens is 314 g/mol. The number of carbonyl (C=O) groups is 1. The van der Waals surface area contributed by atoms with Crippen LogP contribution in [0, 0.1) is 0 Å². The van der Waals surface area contributed by atoms with Gasteiger partial charge in [0.2, 0.25) is 0 Å². The van der Waals surface area contributed by atoms with Crippen molar-refractivity contribution in [3.05, 3.63) is 59.3 Å². The van der Waals surface area contributed by atoms with Crippen LogP contribution in [0.1, 0.15) is 40.9 Å². The number of nitrogens with zero attached hydrogens (tertiary/aromatic N) is 1. The summed E-state index contributed by atoms with van der Waals surface area (Å²) in [4.78, 5) is 13.3. The Kier molecular flexibility index (Phi) is 3.75. The summed E-state index contributed by atoms with van der Waals surface area (Å²) in [5.74, 6) is 1.98. The first-order valence-corrected chi connectivity index (χ1v) is 8.53. The minimum atomic E-state index is 0.0587. The van der Waals surface area contributed by atoms with Crippen molar-refractivity contribution in [1.82, 2.24) is 4.57 Å². The second kappa shape index (κ2) is 5.96. The predicted molar refractivity (Wildman–Crippen MR) is 97.9 cm³/mol. The minimum Gasteiger partial charge on any atom is -0.497 e. The van der Waals surface area contributed by atoms with E-state index in [0.717, 1.165) is 46.6 Å². The van der Waals surface area contributed by atoms with Crippen molar-refractivity contribution in [2.75, 3.05) is 14.2 Å². The highest BCUT2D eigenvalue weighted by molar-refractivity contribution is 6.18. The number of fused-ring (bicyclic) bond motifs is 3. The van der Waals surface area contributed by atoms with E-state index in [2.05, 4.69) is 11.5 Å². The van der Waals surface area contributed by atoms with Crippen molar-refractivity contribution in [3.8, 4) is 11.5 Å². The zero-order chi connectivity index (χ0) is 17.6. The average molecular weight is 335 g/mol. The largest absolute Gasteiger partial charge is 0.497 e. The van der Waals surface area contributed by atoms with Crippen LogP contribution in [-0.4, -0.2) is 24.6 Å². The summed E-state index contributed by atoms with van der Waals surface area (Å²) >= 11 is 0. The van der Waals surface area contributed by atoms with Crippen LogP contribution in [-0.2, 0) is 6.54 Å². The van der Waals surface area contributed by atoms with Gasteiger partial charge in [-0.1, -0.05) is 19.1 Å². The Hall–Kier alpha value is -2.75. The highest BCUT2D eigenvalue weighted by Crippen LogP contribution is 2.42. The van der Waals surface area contributed by atoms with E-state index in [1.165, 1.54) is 0 Å². The Morgan fingerprint density at radius 2 is 1.84 bits per heavy atom. The fraction of sp³-hybridized carbons (Fsp3) is 0.286. The molecule has 0 N–H and O–H groups in total. The van der Waals surface area contributed by atoms with Gasteiger partial charge in [0.05, 0.1) is 25.3 Å². The highest BCUT2D eigenvalue weighted by atomic mass is 16.5. The third-order valence-corrected chi connectivity index (χ3v) is 5.14. The van der Waals surface area contributed by atoms with Crippen LogP contribution >= 0.6 is 0 Å². The van der Waals surface area contributed by atoms with Crippen molar-refractivity contribution in [2.45, 2.75) is 25.8 Å². The topological polar surface area (TPSA) is 40.5 Å². The lowest BCUT2D eigenvalue weighted by atomic mass is 9.95. The van der Waals surface area contributed by atoms with Gasteiger partial charge in [-0.05, 0) is 42.7 Å². The molecule has 1 aliphatic heterocycles.